The van der Waals surface area contributed by atoms with Crippen LogP contribution < -0.4 is 10.9 Å². The lowest BCUT2D eigenvalue weighted by Crippen LogP contribution is -2.26. The molecule has 1 amide bonds. The summed E-state index contributed by atoms with van der Waals surface area (Å²) in [6.45, 7) is 2.43. The molecule has 2 heterocycles. The monoisotopic (exact) mass is 275 g/mol. The van der Waals surface area contributed by atoms with Crippen LogP contribution in [-0.2, 0) is 13.1 Å². The molecular formula is C14H14FN3O2. The van der Waals surface area contributed by atoms with Crippen molar-refractivity contribution >= 4 is 5.91 Å². The van der Waals surface area contributed by atoms with Crippen molar-refractivity contribution < 1.29 is 9.18 Å². The van der Waals surface area contributed by atoms with Gasteiger partial charge in [0.05, 0.1) is 6.20 Å². The zero-order valence-corrected chi connectivity index (χ0v) is 11.0. The molecule has 2 aromatic rings. The number of amides is 1. The number of halogens is 1. The van der Waals surface area contributed by atoms with Crippen molar-refractivity contribution in [1.29, 1.82) is 0 Å². The minimum absolute atomic E-state index is 0.0457. The SMILES string of the molecule is CCn1ccc(C(=O)NCc2ccncc2F)cc1=O. The molecule has 104 valence electrons. The molecule has 0 fully saturated rings. The van der Waals surface area contributed by atoms with E-state index in [1.54, 1.807) is 12.3 Å². The minimum Gasteiger partial charge on any atom is -0.348 e. The van der Waals surface area contributed by atoms with Crippen LogP contribution in [0.5, 0.6) is 0 Å². The summed E-state index contributed by atoms with van der Waals surface area (Å²) in [6.07, 6.45) is 4.10. The maximum Gasteiger partial charge on any atom is 0.251 e. The lowest BCUT2D eigenvalue weighted by atomic mass is 10.2. The summed E-state index contributed by atoms with van der Waals surface area (Å²) in [5, 5.41) is 2.57. The fourth-order valence-electron chi connectivity index (χ4n) is 1.74. The Hall–Kier alpha value is -2.50. The highest BCUT2D eigenvalue weighted by Crippen LogP contribution is 2.04. The molecule has 0 unspecified atom stereocenters. The van der Waals surface area contributed by atoms with E-state index in [9.17, 15) is 14.0 Å². The molecule has 1 N–H and O–H groups in total. The number of carbonyl (C=O) groups excluding carboxylic acids is 1. The van der Waals surface area contributed by atoms with E-state index in [1.807, 2.05) is 6.92 Å². The van der Waals surface area contributed by atoms with Crippen LogP contribution in [0.3, 0.4) is 0 Å². The fraction of sp³-hybridized carbons (Fsp3) is 0.214. The van der Waals surface area contributed by atoms with Crippen molar-refractivity contribution in [1.82, 2.24) is 14.9 Å². The van der Waals surface area contributed by atoms with Crippen LogP contribution >= 0.6 is 0 Å². The van der Waals surface area contributed by atoms with E-state index >= 15 is 0 Å². The van der Waals surface area contributed by atoms with Gasteiger partial charge in [0.25, 0.3) is 11.5 Å². The average Bonchev–Trinajstić information content (AvgIpc) is 2.46. The first-order valence-corrected chi connectivity index (χ1v) is 6.19. The van der Waals surface area contributed by atoms with E-state index in [0.29, 0.717) is 12.1 Å². The van der Waals surface area contributed by atoms with Gasteiger partial charge in [-0.1, -0.05) is 0 Å². The summed E-state index contributed by atoms with van der Waals surface area (Å²) >= 11 is 0. The zero-order valence-electron chi connectivity index (χ0n) is 11.0. The van der Waals surface area contributed by atoms with Crippen LogP contribution in [0.15, 0.2) is 41.6 Å². The van der Waals surface area contributed by atoms with Crippen molar-refractivity contribution in [3.05, 3.63) is 64.1 Å². The number of aryl methyl sites for hydroxylation is 1. The van der Waals surface area contributed by atoms with Crippen molar-refractivity contribution in [2.24, 2.45) is 0 Å². The Labute approximate surface area is 115 Å². The first-order valence-electron chi connectivity index (χ1n) is 6.19. The second-order valence-corrected chi connectivity index (χ2v) is 4.19. The lowest BCUT2D eigenvalue weighted by molar-refractivity contribution is 0.0950. The predicted octanol–water partition coefficient (Wildman–Crippen LogP) is 1.33. The molecule has 2 aromatic heterocycles. The Morgan fingerprint density at radius 2 is 2.25 bits per heavy atom. The quantitative estimate of drug-likeness (QED) is 0.915. The van der Waals surface area contributed by atoms with Crippen molar-refractivity contribution in [3.8, 4) is 0 Å². The van der Waals surface area contributed by atoms with Gasteiger partial charge < -0.3 is 9.88 Å². The predicted molar refractivity (Wildman–Crippen MR) is 71.7 cm³/mol. The molecule has 6 heteroatoms. The Morgan fingerprint density at radius 3 is 2.90 bits per heavy atom. The summed E-state index contributed by atoms with van der Waals surface area (Å²) in [4.78, 5) is 27.1. The van der Waals surface area contributed by atoms with Crippen LogP contribution in [0.2, 0.25) is 0 Å². The van der Waals surface area contributed by atoms with Crippen molar-refractivity contribution in [3.63, 3.8) is 0 Å². The van der Waals surface area contributed by atoms with Crippen molar-refractivity contribution in [2.45, 2.75) is 20.0 Å². The number of pyridine rings is 2. The van der Waals surface area contributed by atoms with Crippen LogP contribution in [0.1, 0.15) is 22.8 Å². The standard InChI is InChI=1S/C14H14FN3O2/c1-2-18-6-4-10(7-13(18)19)14(20)17-8-11-3-5-16-9-12(11)15/h3-7,9H,2,8H2,1H3,(H,17,20). The van der Waals surface area contributed by atoms with E-state index in [0.717, 1.165) is 6.20 Å². The highest BCUT2D eigenvalue weighted by Gasteiger charge is 2.08. The van der Waals surface area contributed by atoms with Crippen molar-refractivity contribution in [2.75, 3.05) is 0 Å². The maximum atomic E-state index is 13.3. The van der Waals surface area contributed by atoms with Gasteiger partial charge in [0.2, 0.25) is 0 Å². The molecule has 2 rings (SSSR count). The third-order valence-electron chi connectivity index (χ3n) is 2.89. The molecule has 0 saturated carbocycles. The van der Waals surface area contributed by atoms with E-state index in [-0.39, 0.29) is 17.7 Å². The van der Waals surface area contributed by atoms with Crippen LogP contribution in [-0.4, -0.2) is 15.5 Å². The highest BCUT2D eigenvalue weighted by atomic mass is 19.1. The summed E-state index contributed by atoms with van der Waals surface area (Å²) in [7, 11) is 0. The number of hydrogen-bond donors (Lipinski definition) is 1. The number of carbonyl (C=O) groups is 1. The van der Waals surface area contributed by atoms with Gasteiger partial charge in [-0.15, -0.1) is 0 Å². The zero-order chi connectivity index (χ0) is 14.5. The van der Waals surface area contributed by atoms with Gasteiger partial charge in [-0.25, -0.2) is 4.39 Å². The van der Waals surface area contributed by atoms with E-state index in [4.69, 9.17) is 0 Å². The second-order valence-electron chi connectivity index (χ2n) is 4.19. The van der Waals surface area contributed by atoms with Gasteiger partial charge in [-0.3, -0.25) is 14.6 Å². The van der Waals surface area contributed by atoms with Crippen LogP contribution in [0.25, 0.3) is 0 Å². The first-order chi connectivity index (χ1) is 9.61. The van der Waals surface area contributed by atoms with Gasteiger partial charge >= 0.3 is 0 Å². The Morgan fingerprint density at radius 1 is 1.45 bits per heavy atom. The summed E-state index contributed by atoms with van der Waals surface area (Å²) in [5.41, 5.74) is 0.361. The van der Waals surface area contributed by atoms with Crippen LogP contribution in [0.4, 0.5) is 4.39 Å². The number of aromatic nitrogens is 2. The van der Waals surface area contributed by atoms with E-state index in [1.165, 1.54) is 22.9 Å². The normalized spacial score (nSPS) is 10.3. The van der Waals surface area contributed by atoms with E-state index in [2.05, 4.69) is 10.3 Å². The number of nitrogens with zero attached hydrogens (tertiary/aromatic N) is 2. The third kappa shape index (κ3) is 3.09. The molecule has 0 radical (unpaired) electrons. The van der Waals surface area contributed by atoms with E-state index < -0.39 is 11.7 Å². The third-order valence-corrected chi connectivity index (χ3v) is 2.89. The number of rotatable bonds is 4. The largest absolute Gasteiger partial charge is 0.348 e. The smallest absolute Gasteiger partial charge is 0.251 e. The maximum absolute atomic E-state index is 13.3. The molecule has 0 atom stereocenters. The molecule has 0 bridgehead atoms. The Bertz CT molecular complexity index is 682. The van der Waals surface area contributed by atoms with Gasteiger partial charge in [-0.2, -0.15) is 0 Å². The molecule has 0 aliphatic rings. The Kier molecular flexibility index (Phi) is 4.24. The minimum atomic E-state index is -0.478. The highest BCUT2D eigenvalue weighted by molar-refractivity contribution is 5.93. The molecule has 0 aliphatic carbocycles. The molecule has 0 aromatic carbocycles. The number of hydrogen-bond acceptors (Lipinski definition) is 3. The topological polar surface area (TPSA) is 64.0 Å². The van der Waals surface area contributed by atoms with Crippen LogP contribution in [0, 0.1) is 5.82 Å². The summed E-state index contributed by atoms with van der Waals surface area (Å²) in [5.74, 6) is -0.893. The molecule has 20 heavy (non-hydrogen) atoms. The van der Waals surface area contributed by atoms with Gasteiger partial charge in [0.15, 0.2) is 0 Å². The fourth-order valence-corrected chi connectivity index (χ4v) is 1.74. The number of nitrogens with one attached hydrogen (secondary N) is 1. The lowest BCUT2D eigenvalue weighted by Gasteiger charge is -2.07. The molecule has 5 nitrogen and oxygen atoms in total. The average molecular weight is 275 g/mol. The molecule has 0 spiro atoms. The first kappa shape index (κ1) is 13.9. The van der Waals surface area contributed by atoms with Gasteiger partial charge in [-0.05, 0) is 19.1 Å². The Balaban J connectivity index is 2.07. The van der Waals surface area contributed by atoms with Gasteiger partial charge in [0, 0.05) is 42.7 Å². The van der Waals surface area contributed by atoms with Gasteiger partial charge in [0.1, 0.15) is 5.82 Å². The molecule has 0 saturated heterocycles. The molecular weight excluding hydrogens is 261 g/mol. The second kappa shape index (κ2) is 6.10. The molecule has 0 aliphatic heterocycles. The summed E-state index contributed by atoms with van der Waals surface area (Å²) in [6, 6.07) is 4.32. The summed E-state index contributed by atoms with van der Waals surface area (Å²) < 4.78 is 14.8.